The zero-order chi connectivity index (χ0) is 21.8. The van der Waals surface area contributed by atoms with Gasteiger partial charge in [0.05, 0.1) is 12.7 Å². The highest BCUT2D eigenvalue weighted by Gasteiger charge is 2.22. The van der Waals surface area contributed by atoms with Gasteiger partial charge >= 0.3 is 0 Å². The van der Waals surface area contributed by atoms with Crippen molar-refractivity contribution in [2.45, 2.75) is 0 Å². The summed E-state index contributed by atoms with van der Waals surface area (Å²) in [5.74, 6) is -2.25. The molecule has 2 aromatic carbocycles. The number of imidazole rings is 1. The number of nitrogens with one attached hydrogen (secondary N) is 2. The Balaban J connectivity index is 1.87. The molecule has 1 heterocycles. The Labute approximate surface area is 170 Å². The lowest BCUT2D eigenvalue weighted by molar-refractivity contribution is 0.0937. The van der Waals surface area contributed by atoms with Gasteiger partial charge in [-0.1, -0.05) is 0 Å². The molecule has 3 amide bonds. The molecule has 0 saturated carbocycles. The molecule has 0 unspecified atom stereocenters. The van der Waals surface area contributed by atoms with Crippen molar-refractivity contribution in [3.05, 3.63) is 71.6 Å². The quantitative estimate of drug-likeness (QED) is 0.569. The van der Waals surface area contributed by atoms with Crippen LogP contribution in [0, 0.1) is 5.82 Å². The minimum atomic E-state index is -0.818. The van der Waals surface area contributed by atoms with Gasteiger partial charge in [-0.3, -0.25) is 19.0 Å². The summed E-state index contributed by atoms with van der Waals surface area (Å²) >= 11 is 0. The van der Waals surface area contributed by atoms with Crippen LogP contribution in [-0.4, -0.2) is 41.4 Å². The molecule has 3 rings (SSSR count). The second-order valence-electron chi connectivity index (χ2n) is 6.10. The van der Waals surface area contributed by atoms with Crippen molar-refractivity contribution in [1.82, 2.24) is 14.9 Å². The molecule has 0 aliphatic carbocycles. The molecule has 154 valence electrons. The van der Waals surface area contributed by atoms with E-state index in [9.17, 15) is 18.8 Å². The van der Waals surface area contributed by atoms with Gasteiger partial charge in [0.25, 0.3) is 17.7 Å². The SMILES string of the molecule is CNC(=O)c1ncn(-c2ccc(NC(=O)c3cc(F)ccc3OC)cc2)c1C(N)=O. The van der Waals surface area contributed by atoms with Crippen LogP contribution in [0.4, 0.5) is 10.1 Å². The van der Waals surface area contributed by atoms with E-state index in [4.69, 9.17) is 10.5 Å². The van der Waals surface area contributed by atoms with Crippen molar-refractivity contribution in [3.63, 3.8) is 0 Å². The number of methoxy groups -OCH3 is 1. The number of anilines is 1. The Morgan fingerprint density at radius 2 is 1.80 bits per heavy atom. The molecule has 0 fully saturated rings. The second kappa shape index (κ2) is 8.43. The van der Waals surface area contributed by atoms with Gasteiger partial charge in [0, 0.05) is 18.4 Å². The predicted octanol–water partition coefficient (Wildman–Crippen LogP) is 1.73. The summed E-state index contributed by atoms with van der Waals surface area (Å²) in [7, 11) is 2.80. The highest BCUT2D eigenvalue weighted by molar-refractivity contribution is 6.06. The van der Waals surface area contributed by atoms with E-state index in [0.717, 1.165) is 6.07 Å². The third kappa shape index (κ3) is 3.97. The minimum Gasteiger partial charge on any atom is -0.496 e. The summed E-state index contributed by atoms with van der Waals surface area (Å²) in [6.45, 7) is 0. The first-order valence-corrected chi connectivity index (χ1v) is 8.70. The van der Waals surface area contributed by atoms with Crippen LogP contribution >= 0.6 is 0 Å². The zero-order valence-electron chi connectivity index (χ0n) is 16.1. The summed E-state index contributed by atoms with van der Waals surface area (Å²) in [4.78, 5) is 40.2. The van der Waals surface area contributed by atoms with Crippen molar-refractivity contribution in [1.29, 1.82) is 0 Å². The van der Waals surface area contributed by atoms with Crippen molar-refractivity contribution in [2.75, 3.05) is 19.5 Å². The van der Waals surface area contributed by atoms with Crippen LogP contribution in [0.25, 0.3) is 5.69 Å². The number of aromatic nitrogens is 2. The van der Waals surface area contributed by atoms with Crippen LogP contribution in [0.1, 0.15) is 31.3 Å². The standard InChI is InChI=1S/C20H18FN5O4/c1-23-20(29)16-17(18(22)27)26(10-24-16)13-6-4-12(5-7-13)25-19(28)14-9-11(21)3-8-15(14)30-2/h3-10H,1-2H3,(H2,22,27)(H,23,29)(H,25,28). The fourth-order valence-electron chi connectivity index (χ4n) is 2.83. The van der Waals surface area contributed by atoms with Crippen LogP contribution in [0.2, 0.25) is 0 Å². The van der Waals surface area contributed by atoms with E-state index >= 15 is 0 Å². The maximum absolute atomic E-state index is 13.5. The van der Waals surface area contributed by atoms with Crippen LogP contribution in [0.5, 0.6) is 5.75 Å². The zero-order valence-corrected chi connectivity index (χ0v) is 16.1. The van der Waals surface area contributed by atoms with E-state index in [2.05, 4.69) is 15.6 Å². The van der Waals surface area contributed by atoms with Crippen LogP contribution in [-0.2, 0) is 0 Å². The molecule has 0 aliphatic heterocycles. The summed E-state index contributed by atoms with van der Waals surface area (Å²) in [6.07, 6.45) is 1.30. The fraction of sp³-hybridized carbons (Fsp3) is 0.100. The second-order valence-corrected chi connectivity index (χ2v) is 6.10. The number of carbonyl (C=O) groups excluding carboxylic acids is 3. The number of nitrogens with zero attached hydrogens (tertiary/aromatic N) is 2. The Morgan fingerprint density at radius 3 is 2.40 bits per heavy atom. The van der Waals surface area contributed by atoms with Gasteiger partial charge in [-0.05, 0) is 42.5 Å². The van der Waals surface area contributed by atoms with Gasteiger partial charge in [-0.25, -0.2) is 9.37 Å². The molecule has 10 heteroatoms. The number of rotatable bonds is 6. The van der Waals surface area contributed by atoms with E-state index in [-0.39, 0.29) is 22.7 Å². The van der Waals surface area contributed by atoms with Crippen molar-refractivity contribution < 1.29 is 23.5 Å². The highest BCUT2D eigenvalue weighted by Crippen LogP contribution is 2.22. The number of hydrogen-bond acceptors (Lipinski definition) is 5. The lowest BCUT2D eigenvalue weighted by atomic mass is 10.1. The summed E-state index contributed by atoms with van der Waals surface area (Å²) in [5, 5.41) is 5.04. The number of halogens is 1. The first-order valence-electron chi connectivity index (χ1n) is 8.70. The largest absolute Gasteiger partial charge is 0.496 e. The third-order valence-corrected chi connectivity index (χ3v) is 4.25. The Morgan fingerprint density at radius 1 is 1.10 bits per heavy atom. The van der Waals surface area contributed by atoms with Gasteiger partial charge < -0.3 is 21.1 Å². The van der Waals surface area contributed by atoms with Crippen molar-refractivity contribution >= 4 is 23.4 Å². The van der Waals surface area contributed by atoms with E-state index in [1.165, 1.54) is 37.2 Å². The molecule has 30 heavy (non-hydrogen) atoms. The van der Waals surface area contributed by atoms with Crippen LogP contribution in [0.15, 0.2) is 48.8 Å². The number of carbonyl (C=O) groups is 3. The number of hydrogen-bond donors (Lipinski definition) is 3. The maximum atomic E-state index is 13.5. The van der Waals surface area contributed by atoms with Gasteiger partial charge in [-0.15, -0.1) is 0 Å². The lowest BCUT2D eigenvalue weighted by Crippen LogP contribution is -2.25. The first kappa shape index (κ1) is 20.5. The lowest BCUT2D eigenvalue weighted by Gasteiger charge is -2.11. The normalized spacial score (nSPS) is 10.4. The number of primary amides is 1. The average molecular weight is 411 g/mol. The number of ether oxygens (including phenoxy) is 1. The fourth-order valence-corrected chi connectivity index (χ4v) is 2.83. The summed E-state index contributed by atoms with van der Waals surface area (Å²) < 4.78 is 20.0. The Hall–Kier alpha value is -4.21. The highest BCUT2D eigenvalue weighted by atomic mass is 19.1. The number of benzene rings is 2. The van der Waals surface area contributed by atoms with Gasteiger partial charge in [0.1, 0.15) is 23.6 Å². The molecule has 9 nitrogen and oxygen atoms in total. The topological polar surface area (TPSA) is 128 Å². The third-order valence-electron chi connectivity index (χ3n) is 4.25. The Kier molecular flexibility index (Phi) is 5.77. The minimum absolute atomic E-state index is 0.0439. The molecule has 0 radical (unpaired) electrons. The first-order chi connectivity index (χ1) is 14.3. The van der Waals surface area contributed by atoms with Gasteiger partial charge in [0.15, 0.2) is 5.69 Å². The van der Waals surface area contributed by atoms with Crippen molar-refractivity contribution in [2.24, 2.45) is 5.73 Å². The molecule has 0 saturated heterocycles. The molecule has 0 spiro atoms. The smallest absolute Gasteiger partial charge is 0.272 e. The Bertz CT molecular complexity index is 1120. The number of amides is 3. The van der Waals surface area contributed by atoms with Gasteiger partial charge in [-0.2, -0.15) is 0 Å². The van der Waals surface area contributed by atoms with E-state index in [1.807, 2.05) is 0 Å². The monoisotopic (exact) mass is 411 g/mol. The molecular weight excluding hydrogens is 393 g/mol. The summed E-state index contributed by atoms with van der Waals surface area (Å²) in [5.41, 5.74) is 6.20. The molecule has 0 bridgehead atoms. The summed E-state index contributed by atoms with van der Waals surface area (Å²) in [6, 6.07) is 9.97. The molecule has 4 N–H and O–H groups in total. The average Bonchev–Trinajstić information content (AvgIpc) is 3.19. The molecule has 3 aromatic rings. The predicted molar refractivity (Wildman–Crippen MR) is 106 cm³/mol. The van der Waals surface area contributed by atoms with Gasteiger partial charge in [0.2, 0.25) is 0 Å². The number of nitrogens with two attached hydrogens (primary N) is 1. The molecule has 1 aromatic heterocycles. The molecule has 0 atom stereocenters. The van der Waals surface area contributed by atoms with Crippen molar-refractivity contribution in [3.8, 4) is 11.4 Å². The molecule has 0 aliphatic rings. The van der Waals surface area contributed by atoms with E-state index < -0.39 is 23.5 Å². The van der Waals surface area contributed by atoms with Crippen LogP contribution in [0.3, 0.4) is 0 Å². The van der Waals surface area contributed by atoms with E-state index in [0.29, 0.717) is 11.4 Å². The van der Waals surface area contributed by atoms with E-state index in [1.54, 1.807) is 24.3 Å². The maximum Gasteiger partial charge on any atom is 0.272 e. The van der Waals surface area contributed by atoms with Crippen LogP contribution < -0.4 is 21.1 Å². The molecular formula is C20H18FN5O4.